The smallest absolute Gasteiger partial charge is 0.352 e. The number of hydrogen-bond acceptors (Lipinski definition) is 4. The molecule has 7 nitrogen and oxygen atoms in total. The Kier molecular flexibility index (Phi) is 4.17. The van der Waals surface area contributed by atoms with Gasteiger partial charge in [0, 0.05) is 32.9 Å². The van der Waals surface area contributed by atoms with Crippen LogP contribution in [0.15, 0.2) is 17.2 Å². The molecule has 112 valence electrons. The van der Waals surface area contributed by atoms with Gasteiger partial charge in [0.1, 0.15) is 10.6 Å². The van der Waals surface area contributed by atoms with E-state index >= 15 is 0 Å². The Morgan fingerprint density at radius 1 is 1.50 bits per heavy atom. The molecular formula is C12H18N2O5S. The molecule has 1 aliphatic heterocycles. The number of nitrogens with zero attached hydrogens (tertiary/aromatic N) is 2. The number of ether oxygens (including phenoxy) is 1. The molecule has 8 heteroatoms. The Balaban J connectivity index is 2.34. The van der Waals surface area contributed by atoms with E-state index in [1.165, 1.54) is 28.2 Å². The molecule has 0 aromatic carbocycles. The van der Waals surface area contributed by atoms with Crippen LogP contribution in [-0.4, -0.2) is 54.2 Å². The van der Waals surface area contributed by atoms with Crippen molar-refractivity contribution in [2.24, 2.45) is 7.05 Å². The Morgan fingerprint density at radius 2 is 2.20 bits per heavy atom. The minimum absolute atomic E-state index is 0.00602. The molecule has 0 spiro atoms. The highest BCUT2D eigenvalue weighted by Crippen LogP contribution is 2.21. The first-order chi connectivity index (χ1) is 9.32. The molecule has 0 saturated carbocycles. The van der Waals surface area contributed by atoms with E-state index in [0.29, 0.717) is 19.6 Å². The highest BCUT2D eigenvalue weighted by atomic mass is 32.2. The van der Waals surface area contributed by atoms with Crippen LogP contribution in [0.1, 0.15) is 23.8 Å². The fraction of sp³-hybridized carbons (Fsp3) is 0.583. The van der Waals surface area contributed by atoms with E-state index in [0.717, 1.165) is 0 Å². The molecule has 2 rings (SSSR count). The molecule has 2 heterocycles. The quantitative estimate of drug-likeness (QED) is 0.879. The summed E-state index contributed by atoms with van der Waals surface area (Å²) in [5.74, 6) is -1.15. The summed E-state index contributed by atoms with van der Waals surface area (Å²) in [7, 11) is -2.17. The van der Waals surface area contributed by atoms with Crippen LogP contribution in [0.4, 0.5) is 0 Å². The van der Waals surface area contributed by atoms with Crippen LogP contribution in [0.2, 0.25) is 0 Å². The van der Waals surface area contributed by atoms with Crippen molar-refractivity contribution in [3.8, 4) is 0 Å². The Morgan fingerprint density at radius 3 is 2.80 bits per heavy atom. The van der Waals surface area contributed by atoms with E-state index in [1.807, 2.05) is 6.92 Å². The average molecular weight is 302 g/mol. The summed E-state index contributed by atoms with van der Waals surface area (Å²) in [6.07, 6.45) is 1.78. The number of carboxylic acid groups (broad SMARTS) is 1. The maximum atomic E-state index is 12.5. The van der Waals surface area contributed by atoms with Crippen molar-refractivity contribution in [2.75, 3.05) is 19.7 Å². The second-order valence-electron chi connectivity index (χ2n) is 4.88. The lowest BCUT2D eigenvalue weighted by atomic mass is 10.4. The van der Waals surface area contributed by atoms with Gasteiger partial charge in [-0.3, -0.25) is 0 Å². The molecule has 1 aromatic heterocycles. The summed E-state index contributed by atoms with van der Waals surface area (Å²) in [6.45, 7) is 3.01. The minimum atomic E-state index is -3.68. The minimum Gasteiger partial charge on any atom is -0.477 e. The van der Waals surface area contributed by atoms with Gasteiger partial charge >= 0.3 is 5.97 Å². The zero-order chi connectivity index (χ0) is 14.9. The molecule has 0 bridgehead atoms. The van der Waals surface area contributed by atoms with Crippen LogP contribution in [-0.2, 0) is 21.8 Å². The van der Waals surface area contributed by atoms with Gasteiger partial charge in [0.2, 0.25) is 10.0 Å². The van der Waals surface area contributed by atoms with Crippen LogP contribution >= 0.6 is 0 Å². The van der Waals surface area contributed by atoms with Crippen LogP contribution in [0, 0.1) is 0 Å². The monoisotopic (exact) mass is 302 g/mol. The lowest BCUT2D eigenvalue weighted by Crippen LogP contribution is -2.35. The Labute approximate surface area is 117 Å². The summed E-state index contributed by atoms with van der Waals surface area (Å²) in [5.41, 5.74) is -0.0531. The van der Waals surface area contributed by atoms with Gasteiger partial charge in [-0.25, -0.2) is 13.2 Å². The third-order valence-corrected chi connectivity index (χ3v) is 5.08. The Bertz CT molecular complexity index is 607. The first-order valence-corrected chi connectivity index (χ1v) is 7.78. The van der Waals surface area contributed by atoms with Crippen LogP contribution in [0.5, 0.6) is 0 Å². The van der Waals surface area contributed by atoms with E-state index in [2.05, 4.69) is 0 Å². The predicted molar refractivity (Wildman–Crippen MR) is 71.2 cm³/mol. The van der Waals surface area contributed by atoms with Crippen molar-refractivity contribution < 1.29 is 23.1 Å². The third kappa shape index (κ3) is 2.87. The van der Waals surface area contributed by atoms with Crippen LogP contribution in [0.3, 0.4) is 0 Å². The molecule has 1 atom stereocenters. The van der Waals surface area contributed by atoms with E-state index in [1.54, 1.807) is 0 Å². The first kappa shape index (κ1) is 15.0. The zero-order valence-electron chi connectivity index (χ0n) is 11.4. The zero-order valence-corrected chi connectivity index (χ0v) is 12.3. The largest absolute Gasteiger partial charge is 0.477 e. The normalized spacial score (nSPS) is 21.6. The van der Waals surface area contributed by atoms with E-state index in [-0.39, 0.29) is 23.2 Å². The van der Waals surface area contributed by atoms with Crippen molar-refractivity contribution in [1.82, 2.24) is 8.87 Å². The molecule has 0 amide bonds. The van der Waals surface area contributed by atoms with Gasteiger partial charge < -0.3 is 14.4 Å². The number of sulfonamides is 1. The lowest BCUT2D eigenvalue weighted by molar-refractivity contribution is 0.0686. The number of aryl methyl sites for hydroxylation is 1. The molecule has 1 aromatic rings. The third-order valence-electron chi connectivity index (χ3n) is 3.25. The van der Waals surface area contributed by atoms with Gasteiger partial charge in [-0.15, -0.1) is 0 Å². The molecular weight excluding hydrogens is 284 g/mol. The summed E-state index contributed by atoms with van der Waals surface area (Å²) >= 11 is 0. The lowest BCUT2D eigenvalue weighted by Gasteiger charge is -2.20. The summed E-state index contributed by atoms with van der Waals surface area (Å²) in [5, 5.41) is 8.99. The first-order valence-electron chi connectivity index (χ1n) is 6.34. The number of rotatable bonds is 3. The molecule has 20 heavy (non-hydrogen) atoms. The van der Waals surface area contributed by atoms with Crippen LogP contribution < -0.4 is 0 Å². The highest BCUT2D eigenvalue weighted by Gasteiger charge is 2.29. The average Bonchev–Trinajstić information content (AvgIpc) is 2.62. The van der Waals surface area contributed by atoms with Crippen LogP contribution in [0.25, 0.3) is 0 Å². The highest BCUT2D eigenvalue weighted by molar-refractivity contribution is 7.89. The molecule has 1 aliphatic rings. The molecule has 0 aliphatic carbocycles. The van der Waals surface area contributed by atoms with Crippen molar-refractivity contribution in [3.05, 3.63) is 18.0 Å². The second-order valence-corrected chi connectivity index (χ2v) is 6.81. The standard InChI is InChI=1S/C12H18N2O5S/c1-9-7-14(4-3-5-19-9)20(17,18)10-6-11(12(15)16)13(2)8-10/h6,8-9H,3-5,7H2,1-2H3,(H,15,16). The summed E-state index contributed by atoms with van der Waals surface area (Å²) in [6, 6.07) is 1.19. The van der Waals surface area contributed by atoms with E-state index in [9.17, 15) is 13.2 Å². The fourth-order valence-electron chi connectivity index (χ4n) is 2.21. The van der Waals surface area contributed by atoms with Gasteiger partial charge in [-0.1, -0.05) is 0 Å². The fourth-order valence-corrected chi connectivity index (χ4v) is 3.84. The maximum Gasteiger partial charge on any atom is 0.352 e. The van der Waals surface area contributed by atoms with Gasteiger partial charge in [0.25, 0.3) is 0 Å². The van der Waals surface area contributed by atoms with Gasteiger partial charge in [0.15, 0.2) is 0 Å². The summed E-state index contributed by atoms with van der Waals surface area (Å²) in [4.78, 5) is 11.0. The van der Waals surface area contributed by atoms with E-state index in [4.69, 9.17) is 9.84 Å². The number of hydrogen-bond donors (Lipinski definition) is 1. The topological polar surface area (TPSA) is 88.8 Å². The van der Waals surface area contributed by atoms with Crippen molar-refractivity contribution in [2.45, 2.75) is 24.3 Å². The van der Waals surface area contributed by atoms with Crippen molar-refractivity contribution >= 4 is 16.0 Å². The molecule has 0 radical (unpaired) electrons. The number of carboxylic acids is 1. The maximum absolute atomic E-state index is 12.5. The molecule has 1 unspecified atom stereocenters. The SMILES string of the molecule is CC1CN(S(=O)(=O)c2cc(C(=O)O)n(C)c2)CCCO1. The molecule has 1 saturated heterocycles. The summed E-state index contributed by atoms with van der Waals surface area (Å²) < 4.78 is 33.2. The van der Waals surface area contributed by atoms with Crippen molar-refractivity contribution in [1.29, 1.82) is 0 Å². The Hall–Kier alpha value is -1.38. The van der Waals surface area contributed by atoms with Gasteiger partial charge in [0.05, 0.1) is 6.10 Å². The molecule has 1 N–H and O–H groups in total. The van der Waals surface area contributed by atoms with Gasteiger partial charge in [-0.05, 0) is 19.4 Å². The number of aromatic nitrogens is 1. The number of aromatic carboxylic acids is 1. The molecule has 1 fully saturated rings. The van der Waals surface area contributed by atoms with Crippen molar-refractivity contribution in [3.63, 3.8) is 0 Å². The predicted octanol–water partition coefficient (Wildman–Crippen LogP) is 0.523. The van der Waals surface area contributed by atoms with Gasteiger partial charge in [-0.2, -0.15) is 4.31 Å². The van der Waals surface area contributed by atoms with E-state index < -0.39 is 16.0 Å². The second kappa shape index (κ2) is 5.55. The number of carbonyl (C=O) groups is 1.